The number of nitrogens with one attached hydrogen (secondary N) is 1. The lowest BCUT2D eigenvalue weighted by Gasteiger charge is -2.07. The number of aromatic nitrogens is 1. The highest BCUT2D eigenvalue weighted by Gasteiger charge is 2.08. The quantitative estimate of drug-likeness (QED) is 0.664. The fourth-order valence-corrected chi connectivity index (χ4v) is 1.69. The highest BCUT2D eigenvalue weighted by Crippen LogP contribution is 2.23. The molecule has 2 N–H and O–H groups in total. The van der Waals surface area contributed by atoms with E-state index in [0.29, 0.717) is 17.0 Å². The maximum atomic E-state index is 11.8. The Kier molecular flexibility index (Phi) is 4.50. The molecule has 0 aliphatic carbocycles. The van der Waals surface area contributed by atoms with Crippen LogP contribution in [0.5, 0.6) is 11.5 Å². The molecule has 1 heterocycles. The number of methoxy groups -OCH3 is 1. The fourth-order valence-electron chi connectivity index (χ4n) is 1.69. The molecule has 0 saturated carbocycles. The summed E-state index contributed by atoms with van der Waals surface area (Å²) in [6.07, 6.45) is 1.53. The summed E-state index contributed by atoms with van der Waals surface area (Å²) >= 11 is 0. The second-order valence-corrected chi connectivity index (χ2v) is 4.24. The van der Waals surface area contributed by atoms with E-state index in [-0.39, 0.29) is 11.4 Å². The Morgan fingerprint density at radius 1 is 1.33 bits per heavy atom. The molecule has 0 unspecified atom stereocenters. The topological polar surface area (TPSA) is 83.8 Å². The molecule has 0 spiro atoms. The Morgan fingerprint density at radius 2 is 2.14 bits per heavy atom. The van der Waals surface area contributed by atoms with Crippen LogP contribution in [0.4, 0.5) is 0 Å². The molecule has 108 valence electrons. The fraction of sp³-hybridized carbons (Fsp3) is 0.133. The summed E-state index contributed by atoms with van der Waals surface area (Å²) in [5, 5.41) is 13.9. The number of nitrogens with zero attached hydrogens (tertiary/aromatic N) is 2. The predicted molar refractivity (Wildman–Crippen MR) is 78.6 cm³/mol. The average Bonchev–Trinajstić information content (AvgIpc) is 2.52. The molecule has 1 aromatic heterocycles. The van der Waals surface area contributed by atoms with E-state index in [1.807, 2.05) is 0 Å². The molecule has 0 aliphatic rings. The first-order chi connectivity index (χ1) is 10.1. The number of phenolic OH excluding ortho intramolecular Hbond substituents is 1. The highest BCUT2D eigenvalue weighted by atomic mass is 16.5. The standard InChI is InChI=1S/C15H15N3O3/c1-10(12-7-6-11(21-2)9-14(12)19)17-18-15(20)13-5-3-4-8-16-13/h3-9,19H,1-2H3,(H,18,20)/b17-10+. The average molecular weight is 285 g/mol. The third-order valence-electron chi connectivity index (χ3n) is 2.82. The zero-order chi connectivity index (χ0) is 15.2. The van der Waals surface area contributed by atoms with Crippen LogP contribution in [0.15, 0.2) is 47.7 Å². The van der Waals surface area contributed by atoms with Crippen LogP contribution in [-0.2, 0) is 0 Å². The van der Waals surface area contributed by atoms with Crippen molar-refractivity contribution >= 4 is 11.6 Å². The SMILES string of the molecule is COc1ccc(/C(C)=N/NC(=O)c2ccccn2)c(O)c1. The summed E-state index contributed by atoms with van der Waals surface area (Å²) in [4.78, 5) is 15.7. The third kappa shape index (κ3) is 3.56. The summed E-state index contributed by atoms with van der Waals surface area (Å²) in [5.74, 6) is 0.159. The van der Waals surface area contributed by atoms with Crippen molar-refractivity contribution in [3.05, 3.63) is 53.9 Å². The van der Waals surface area contributed by atoms with Crippen LogP contribution < -0.4 is 10.2 Å². The number of aromatic hydroxyl groups is 1. The van der Waals surface area contributed by atoms with Crippen molar-refractivity contribution in [3.63, 3.8) is 0 Å². The second-order valence-electron chi connectivity index (χ2n) is 4.24. The van der Waals surface area contributed by atoms with E-state index in [0.717, 1.165) is 0 Å². The summed E-state index contributed by atoms with van der Waals surface area (Å²) in [6, 6.07) is 9.88. The second kappa shape index (κ2) is 6.51. The van der Waals surface area contributed by atoms with E-state index < -0.39 is 5.91 Å². The Labute approximate surface area is 122 Å². The summed E-state index contributed by atoms with van der Waals surface area (Å²) in [6.45, 7) is 1.68. The Hall–Kier alpha value is -2.89. The lowest BCUT2D eigenvalue weighted by molar-refractivity contribution is 0.0950. The minimum Gasteiger partial charge on any atom is -0.507 e. The first kappa shape index (κ1) is 14.5. The van der Waals surface area contributed by atoms with Gasteiger partial charge < -0.3 is 9.84 Å². The summed E-state index contributed by atoms with van der Waals surface area (Å²) < 4.78 is 5.01. The lowest BCUT2D eigenvalue weighted by atomic mass is 10.1. The van der Waals surface area contributed by atoms with Crippen LogP contribution in [0.25, 0.3) is 0 Å². The van der Waals surface area contributed by atoms with E-state index in [4.69, 9.17) is 4.74 Å². The maximum absolute atomic E-state index is 11.8. The molecule has 2 rings (SSSR count). The Balaban J connectivity index is 2.13. The van der Waals surface area contributed by atoms with E-state index >= 15 is 0 Å². The smallest absolute Gasteiger partial charge is 0.289 e. The van der Waals surface area contributed by atoms with Gasteiger partial charge in [-0.3, -0.25) is 9.78 Å². The molecule has 0 radical (unpaired) electrons. The van der Waals surface area contributed by atoms with Gasteiger partial charge in [-0.15, -0.1) is 0 Å². The number of hydrogen-bond acceptors (Lipinski definition) is 5. The Bertz CT molecular complexity index is 669. The van der Waals surface area contributed by atoms with Gasteiger partial charge in [-0.2, -0.15) is 5.10 Å². The highest BCUT2D eigenvalue weighted by molar-refractivity contribution is 6.02. The first-order valence-electron chi connectivity index (χ1n) is 6.25. The van der Waals surface area contributed by atoms with Crippen LogP contribution in [-0.4, -0.2) is 28.8 Å². The molecule has 21 heavy (non-hydrogen) atoms. The number of hydrogen-bond donors (Lipinski definition) is 2. The first-order valence-corrected chi connectivity index (χ1v) is 6.25. The van der Waals surface area contributed by atoms with Crippen molar-refractivity contribution in [1.29, 1.82) is 0 Å². The molecule has 2 aromatic rings. The van der Waals surface area contributed by atoms with Crippen LogP contribution in [0, 0.1) is 0 Å². The third-order valence-corrected chi connectivity index (χ3v) is 2.82. The van der Waals surface area contributed by atoms with Crippen LogP contribution in [0.2, 0.25) is 0 Å². The van der Waals surface area contributed by atoms with Gasteiger partial charge in [0.05, 0.1) is 12.8 Å². The zero-order valence-electron chi connectivity index (χ0n) is 11.7. The molecule has 0 atom stereocenters. The number of ether oxygens (including phenoxy) is 1. The molecule has 0 saturated heterocycles. The number of phenols is 1. The van der Waals surface area contributed by atoms with Gasteiger partial charge in [0, 0.05) is 17.8 Å². The predicted octanol–water partition coefficient (Wildman–Crippen LogP) is 1.95. The number of carbonyl (C=O) groups is 1. The molecule has 0 bridgehead atoms. The van der Waals surface area contributed by atoms with Crippen LogP contribution in [0.3, 0.4) is 0 Å². The minimum absolute atomic E-state index is 0.0303. The van der Waals surface area contributed by atoms with Gasteiger partial charge in [-0.05, 0) is 31.2 Å². The van der Waals surface area contributed by atoms with Crippen LogP contribution >= 0.6 is 0 Å². The molecule has 6 nitrogen and oxygen atoms in total. The normalized spacial score (nSPS) is 11.0. The van der Waals surface area contributed by atoms with Gasteiger partial charge in [-0.25, -0.2) is 5.43 Å². The number of hydrazone groups is 1. The van der Waals surface area contributed by atoms with E-state index in [1.165, 1.54) is 19.4 Å². The van der Waals surface area contributed by atoms with Gasteiger partial charge in [0.1, 0.15) is 17.2 Å². The Morgan fingerprint density at radius 3 is 2.76 bits per heavy atom. The summed E-state index contributed by atoms with van der Waals surface area (Å²) in [5.41, 5.74) is 3.65. The van der Waals surface area contributed by atoms with E-state index in [1.54, 1.807) is 37.3 Å². The van der Waals surface area contributed by atoms with Gasteiger partial charge >= 0.3 is 0 Å². The molecular weight excluding hydrogens is 270 g/mol. The number of pyridine rings is 1. The number of rotatable bonds is 4. The van der Waals surface area contributed by atoms with Crippen molar-refractivity contribution in [2.75, 3.05) is 7.11 Å². The molecule has 1 amide bonds. The lowest BCUT2D eigenvalue weighted by Crippen LogP contribution is -2.20. The van der Waals surface area contributed by atoms with Crippen molar-refractivity contribution in [2.24, 2.45) is 5.10 Å². The van der Waals surface area contributed by atoms with Gasteiger partial charge in [0.25, 0.3) is 5.91 Å². The van der Waals surface area contributed by atoms with E-state index in [2.05, 4.69) is 15.5 Å². The zero-order valence-corrected chi connectivity index (χ0v) is 11.7. The maximum Gasteiger partial charge on any atom is 0.289 e. The van der Waals surface area contributed by atoms with Crippen LogP contribution in [0.1, 0.15) is 23.0 Å². The van der Waals surface area contributed by atoms with Crippen molar-refractivity contribution < 1.29 is 14.6 Å². The number of carbonyl (C=O) groups excluding carboxylic acids is 1. The summed E-state index contributed by atoms with van der Waals surface area (Å²) in [7, 11) is 1.52. The van der Waals surface area contributed by atoms with Gasteiger partial charge in [0.15, 0.2) is 0 Å². The number of benzene rings is 1. The van der Waals surface area contributed by atoms with Crippen molar-refractivity contribution in [1.82, 2.24) is 10.4 Å². The molecule has 0 aliphatic heterocycles. The van der Waals surface area contributed by atoms with Gasteiger partial charge in [-0.1, -0.05) is 6.07 Å². The largest absolute Gasteiger partial charge is 0.507 e. The molecule has 1 aromatic carbocycles. The van der Waals surface area contributed by atoms with Gasteiger partial charge in [0.2, 0.25) is 0 Å². The monoisotopic (exact) mass is 285 g/mol. The molecule has 0 fully saturated rings. The molecule has 6 heteroatoms. The minimum atomic E-state index is -0.414. The molecular formula is C15H15N3O3. The van der Waals surface area contributed by atoms with E-state index in [9.17, 15) is 9.90 Å². The van der Waals surface area contributed by atoms with Crippen molar-refractivity contribution in [2.45, 2.75) is 6.92 Å². The van der Waals surface area contributed by atoms with Crippen molar-refractivity contribution in [3.8, 4) is 11.5 Å². The number of amides is 1.